The summed E-state index contributed by atoms with van der Waals surface area (Å²) >= 11 is 0. The van der Waals surface area contributed by atoms with Gasteiger partial charge in [-0.3, -0.25) is 0 Å². The van der Waals surface area contributed by atoms with Gasteiger partial charge in [0.05, 0.1) is 0 Å². The Balaban J connectivity index is 1.72. The fourth-order valence-electron chi connectivity index (χ4n) is 6.70. The van der Waals surface area contributed by atoms with Gasteiger partial charge in [-0.2, -0.15) is 0 Å². The molecule has 2 unspecified atom stereocenters. The molecule has 3 nitrogen and oxygen atoms in total. The molecule has 5 atom stereocenters. The van der Waals surface area contributed by atoms with E-state index in [-0.39, 0.29) is 12.8 Å². The van der Waals surface area contributed by atoms with Crippen LogP contribution in [0.3, 0.4) is 0 Å². The van der Waals surface area contributed by atoms with Crippen LogP contribution in [0.25, 0.3) is 0 Å². The second kappa shape index (κ2) is 9.30. The standard InChI is InChI=1S/C27H44O3/c1-18(2)8-6-9-19(3)23-13-14-24-21(10-7-15-26(23,24)5)11-12-22-17-27(29,30)25(28)16-20(22)4/h11-12,18-19,23-25,28-30H,4,6-10,13-17H2,1-3,5H3/b21-11?,22-12-/t19-,23-,24?,25?,26-/m1/s1. The quantitative estimate of drug-likeness (QED) is 0.472. The van der Waals surface area contributed by atoms with Crippen LogP contribution in [0.1, 0.15) is 91.9 Å². The Hall–Kier alpha value is -0.900. The topological polar surface area (TPSA) is 60.7 Å². The predicted octanol–water partition coefficient (Wildman–Crippen LogP) is 5.91. The normalized spacial score (nSPS) is 37.7. The zero-order valence-corrected chi connectivity index (χ0v) is 19.7. The Morgan fingerprint density at radius 3 is 2.57 bits per heavy atom. The number of hydrogen-bond acceptors (Lipinski definition) is 3. The van der Waals surface area contributed by atoms with Crippen LogP contribution in [-0.2, 0) is 0 Å². The molecule has 0 aromatic rings. The molecule has 3 rings (SSSR count). The monoisotopic (exact) mass is 416 g/mol. The van der Waals surface area contributed by atoms with Crippen molar-refractivity contribution in [1.82, 2.24) is 0 Å². The van der Waals surface area contributed by atoms with Gasteiger partial charge in [0, 0.05) is 12.8 Å². The van der Waals surface area contributed by atoms with E-state index in [1.165, 1.54) is 50.5 Å². The summed E-state index contributed by atoms with van der Waals surface area (Å²) in [6.45, 7) is 13.7. The minimum atomic E-state index is -2.05. The maximum absolute atomic E-state index is 10.1. The van der Waals surface area contributed by atoms with Gasteiger partial charge in [-0.25, -0.2) is 0 Å². The van der Waals surface area contributed by atoms with Crippen molar-refractivity contribution in [3.63, 3.8) is 0 Å². The van der Waals surface area contributed by atoms with Gasteiger partial charge < -0.3 is 15.3 Å². The first-order chi connectivity index (χ1) is 14.0. The number of aliphatic hydroxyl groups excluding tert-OH is 1. The summed E-state index contributed by atoms with van der Waals surface area (Å²) in [5.74, 6) is 1.01. The first kappa shape index (κ1) is 23.8. The zero-order valence-electron chi connectivity index (χ0n) is 19.7. The van der Waals surface area contributed by atoms with Crippen LogP contribution in [0.5, 0.6) is 0 Å². The molecule has 0 spiro atoms. The zero-order chi connectivity index (χ0) is 22.1. The molecule has 0 heterocycles. The van der Waals surface area contributed by atoms with Gasteiger partial charge in [-0.15, -0.1) is 0 Å². The molecule has 0 aromatic heterocycles. The van der Waals surface area contributed by atoms with Crippen LogP contribution in [0, 0.1) is 29.1 Å². The number of aliphatic hydroxyl groups is 3. The smallest absolute Gasteiger partial charge is 0.193 e. The number of allylic oxidation sites excluding steroid dienone is 3. The van der Waals surface area contributed by atoms with Gasteiger partial charge in [0.15, 0.2) is 5.79 Å². The van der Waals surface area contributed by atoms with Crippen molar-refractivity contribution in [3.05, 3.63) is 35.5 Å². The average molecular weight is 417 g/mol. The lowest BCUT2D eigenvalue weighted by Gasteiger charge is -2.44. The summed E-state index contributed by atoms with van der Waals surface area (Å²) in [5, 5.41) is 30.0. The summed E-state index contributed by atoms with van der Waals surface area (Å²) in [5.41, 5.74) is 3.62. The second-order valence-electron chi connectivity index (χ2n) is 11.2. The van der Waals surface area contributed by atoms with E-state index in [4.69, 9.17) is 0 Å². The fraction of sp³-hybridized carbons (Fsp3) is 0.778. The highest BCUT2D eigenvalue weighted by Gasteiger charge is 2.50. The number of fused-ring (bicyclic) bond motifs is 1. The Morgan fingerprint density at radius 2 is 1.87 bits per heavy atom. The summed E-state index contributed by atoms with van der Waals surface area (Å²) < 4.78 is 0. The molecule has 0 aromatic carbocycles. The Labute approximate surface area is 184 Å². The SMILES string of the molecule is C=C1CC(O)C(O)(O)C/C1=C/C=C1CCC[C@@]2(C)C1CC[C@@H]2[C@H](C)CCCC(C)C. The maximum Gasteiger partial charge on any atom is 0.193 e. The molecule has 0 saturated heterocycles. The molecule has 30 heavy (non-hydrogen) atoms. The molecular formula is C27H44O3. The van der Waals surface area contributed by atoms with Gasteiger partial charge in [0.25, 0.3) is 0 Å². The van der Waals surface area contributed by atoms with E-state index < -0.39 is 11.9 Å². The Morgan fingerprint density at radius 1 is 1.13 bits per heavy atom. The lowest BCUT2D eigenvalue weighted by atomic mass is 9.60. The molecule has 0 aliphatic heterocycles. The summed E-state index contributed by atoms with van der Waals surface area (Å²) in [4.78, 5) is 0. The van der Waals surface area contributed by atoms with Crippen LogP contribution >= 0.6 is 0 Å². The number of rotatable bonds is 6. The van der Waals surface area contributed by atoms with E-state index in [9.17, 15) is 15.3 Å². The molecule has 0 bridgehead atoms. The molecule has 0 amide bonds. The van der Waals surface area contributed by atoms with Crippen LogP contribution in [-0.4, -0.2) is 27.2 Å². The Bertz CT molecular complexity index is 686. The highest BCUT2D eigenvalue weighted by atomic mass is 16.5. The van der Waals surface area contributed by atoms with Gasteiger partial charge in [0.1, 0.15) is 6.10 Å². The van der Waals surface area contributed by atoms with Gasteiger partial charge >= 0.3 is 0 Å². The minimum absolute atomic E-state index is 0.0498. The first-order valence-electron chi connectivity index (χ1n) is 12.2. The molecule has 0 radical (unpaired) electrons. The summed E-state index contributed by atoms with van der Waals surface area (Å²) in [6, 6.07) is 0. The van der Waals surface area contributed by atoms with Crippen molar-refractivity contribution >= 4 is 0 Å². The van der Waals surface area contributed by atoms with Crippen LogP contribution < -0.4 is 0 Å². The molecule has 170 valence electrons. The van der Waals surface area contributed by atoms with E-state index in [0.717, 1.165) is 35.3 Å². The highest BCUT2D eigenvalue weighted by Crippen LogP contribution is 2.60. The van der Waals surface area contributed by atoms with Crippen LogP contribution in [0.2, 0.25) is 0 Å². The minimum Gasteiger partial charge on any atom is -0.387 e. The van der Waals surface area contributed by atoms with E-state index in [1.807, 2.05) is 0 Å². The average Bonchev–Trinajstić information content (AvgIpc) is 3.01. The predicted molar refractivity (Wildman–Crippen MR) is 124 cm³/mol. The van der Waals surface area contributed by atoms with Crippen molar-refractivity contribution in [1.29, 1.82) is 0 Å². The molecule has 3 N–H and O–H groups in total. The second-order valence-corrected chi connectivity index (χ2v) is 11.2. The lowest BCUT2D eigenvalue weighted by molar-refractivity contribution is -0.227. The van der Waals surface area contributed by atoms with E-state index in [2.05, 4.69) is 46.4 Å². The van der Waals surface area contributed by atoms with Crippen LogP contribution in [0.4, 0.5) is 0 Å². The molecular weight excluding hydrogens is 372 g/mol. The van der Waals surface area contributed by atoms with Gasteiger partial charge in [-0.05, 0) is 72.3 Å². The molecule has 3 heteroatoms. The summed E-state index contributed by atoms with van der Waals surface area (Å²) in [7, 11) is 0. The molecule has 3 fully saturated rings. The van der Waals surface area contributed by atoms with Crippen molar-refractivity contribution in [3.8, 4) is 0 Å². The first-order valence-corrected chi connectivity index (χ1v) is 12.2. The van der Waals surface area contributed by atoms with Crippen LogP contribution in [0.15, 0.2) is 35.5 Å². The van der Waals surface area contributed by atoms with Gasteiger partial charge in [-0.1, -0.05) is 71.3 Å². The highest BCUT2D eigenvalue weighted by molar-refractivity contribution is 5.38. The number of hydrogen-bond donors (Lipinski definition) is 3. The van der Waals surface area contributed by atoms with Crippen molar-refractivity contribution < 1.29 is 15.3 Å². The lowest BCUT2D eigenvalue weighted by Crippen LogP contribution is -2.45. The third-order valence-electron chi connectivity index (χ3n) is 8.54. The third kappa shape index (κ3) is 4.95. The maximum atomic E-state index is 10.1. The van der Waals surface area contributed by atoms with Crippen molar-refractivity contribution in [2.24, 2.45) is 29.1 Å². The van der Waals surface area contributed by atoms with E-state index in [0.29, 0.717) is 11.3 Å². The molecule has 3 saturated carbocycles. The third-order valence-corrected chi connectivity index (χ3v) is 8.54. The van der Waals surface area contributed by atoms with Crippen molar-refractivity contribution in [2.45, 2.75) is 104 Å². The van der Waals surface area contributed by atoms with E-state index >= 15 is 0 Å². The van der Waals surface area contributed by atoms with Crippen molar-refractivity contribution in [2.75, 3.05) is 0 Å². The molecule has 3 aliphatic carbocycles. The Kier molecular flexibility index (Phi) is 7.37. The fourth-order valence-corrected chi connectivity index (χ4v) is 6.70. The molecule has 3 aliphatic rings. The van der Waals surface area contributed by atoms with Gasteiger partial charge in [0.2, 0.25) is 0 Å². The summed E-state index contributed by atoms with van der Waals surface area (Å²) in [6.07, 6.45) is 13.8. The largest absolute Gasteiger partial charge is 0.387 e. The van der Waals surface area contributed by atoms with E-state index in [1.54, 1.807) is 0 Å².